The summed E-state index contributed by atoms with van der Waals surface area (Å²) in [6, 6.07) is 0. The number of nitrogens with zero attached hydrogens (tertiary/aromatic N) is 4. The molecule has 0 amide bonds. The lowest BCUT2D eigenvalue weighted by molar-refractivity contribution is 0.122. The van der Waals surface area contributed by atoms with Gasteiger partial charge in [-0.15, -0.1) is 11.3 Å². The number of aliphatic hydroxyl groups is 1. The molecular formula is C11H13BrN4O2S. The summed E-state index contributed by atoms with van der Waals surface area (Å²) < 4.78 is 7.90. The molecule has 0 spiro atoms. The molecule has 0 aliphatic carbocycles. The summed E-state index contributed by atoms with van der Waals surface area (Å²) in [5, 5.41) is 12.1. The number of hydrogen-bond donors (Lipinski definition) is 1. The highest BCUT2D eigenvalue weighted by Gasteiger charge is 2.16. The molecule has 1 saturated heterocycles. The molecule has 19 heavy (non-hydrogen) atoms. The summed E-state index contributed by atoms with van der Waals surface area (Å²) in [6.45, 7) is 3.16. The molecule has 6 nitrogen and oxygen atoms in total. The Morgan fingerprint density at radius 1 is 1.42 bits per heavy atom. The van der Waals surface area contributed by atoms with Crippen LogP contribution in [0.5, 0.6) is 0 Å². The van der Waals surface area contributed by atoms with Gasteiger partial charge in [0, 0.05) is 18.5 Å². The van der Waals surface area contributed by atoms with Gasteiger partial charge in [0.1, 0.15) is 10.9 Å². The molecule has 0 bridgehead atoms. The molecule has 0 aromatic carbocycles. The predicted octanol–water partition coefficient (Wildman–Crippen LogP) is 1.42. The first kappa shape index (κ1) is 13.0. The Labute approximate surface area is 122 Å². The predicted molar refractivity (Wildman–Crippen MR) is 75.9 cm³/mol. The second kappa shape index (κ2) is 5.58. The number of imidazole rings is 1. The highest BCUT2D eigenvalue weighted by Crippen LogP contribution is 2.26. The van der Waals surface area contributed by atoms with Crippen molar-refractivity contribution < 1.29 is 9.84 Å². The maximum Gasteiger partial charge on any atom is 0.187 e. The molecule has 3 rings (SSSR count). The van der Waals surface area contributed by atoms with Crippen molar-refractivity contribution in [1.29, 1.82) is 0 Å². The number of ether oxygens (including phenoxy) is 1. The summed E-state index contributed by atoms with van der Waals surface area (Å²) in [7, 11) is 0. The lowest BCUT2D eigenvalue weighted by atomic mass is 10.5. The number of aromatic nitrogens is 3. The maximum absolute atomic E-state index is 9.14. The molecule has 8 heteroatoms. The van der Waals surface area contributed by atoms with Crippen molar-refractivity contribution in [1.82, 2.24) is 14.5 Å². The Hall–Kier alpha value is -0.960. The van der Waals surface area contributed by atoms with Crippen LogP contribution in [0.4, 0.5) is 5.13 Å². The zero-order valence-corrected chi connectivity index (χ0v) is 12.5. The first-order valence-electron chi connectivity index (χ1n) is 5.91. The van der Waals surface area contributed by atoms with Crippen molar-refractivity contribution in [3.63, 3.8) is 0 Å². The van der Waals surface area contributed by atoms with Crippen molar-refractivity contribution in [3.05, 3.63) is 22.0 Å². The van der Waals surface area contributed by atoms with Crippen LogP contribution in [0.15, 0.2) is 16.3 Å². The second-order valence-corrected chi connectivity index (χ2v) is 5.69. The van der Waals surface area contributed by atoms with Crippen molar-refractivity contribution in [2.45, 2.75) is 6.61 Å². The SMILES string of the molecule is OCc1ncn(-c2csc(N3CCOCC3)n2)c1Br. The van der Waals surface area contributed by atoms with Gasteiger partial charge in [-0.2, -0.15) is 0 Å². The maximum atomic E-state index is 9.14. The van der Waals surface area contributed by atoms with Crippen LogP contribution in [0.25, 0.3) is 5.82 Å². The smallest absolute Gasteiger partial charge is 0.187 e. The topological polar surface area (TPSA) is 63.4 Å². The highest BCUT2D eigenvalue weighted by molar-refractivity contribution is 9.10. The summed E-state index contributed by atoms with van der Waals surface area (Å²) in [5.41, 5.74) is 0.612. The molecule has 102 valence electrons. The molecule has 0 unspecified atom stereocenters. The average molecular weight is 345 g/mol. The van der Waals surface area contributed by atoms with E-state index >= 15 is 0 Å². The largest absolute Gasteiger partial charge is 0.390 e. The van der Waals surface area contributed by atoms with Gasteiger partial charge < -0.3 is 14.7 Å². The van der Waals surface area contributed by atoms with Gasteiger partial charge in [-0.05, 0) is 15.9 Å². The normalized spacial score (nSPS) is 16.0. The summed E-state index contributed by atoms with van der Waals surface area (Å²) in [6.07, 6.45) is 1.66. The van der Waals surface area contributed by atoms with Crippen LogP contribution in [-0.2, 0) is 11.3 Å². The van der Waals surface area contributed by atoms with E-state index in [1.807, 2.05) is 9.95 Å². The number of thiazole rings is 1. The zero-order valence-electron chi connectivity index (χ0n) is 10.1. The number of halogens is 1. The fourth-order valence-corrected chi connectivity index (χ4v) is 3.26. The third-order valence-electron chi connectivity index (χ3n) is 2.94. The van der Waals surface area contributed by atoms with E-state index < -0.39 is 0 Å². The number of morpholine rings is 1. The molecule has 0 radical (unpaired) electrons. The van der Waals surface area contributed by atoms with Crippen LogP contribution in [-0.4, -0.2) is 45.9 Å². The number of hydrogen-bond acceptors (Lipinski definition) is 6. The number of anilines is 1. The molecule has 1 N–H and O–H groups in total. The lowest BCUT2D eigenvalue weighted by Gasteiger charge is -2.25. The van der Waals surface area contributed by atoms with Crippen LogP contribution in [0.3, 0.4) is 0 Å². The Kier molecular flexibility index (Phi) is 3.83. The minimum atomic E-state index is -0.0892. The first-order chi connectivity index (χ1) is 9.29. The fourth-order valence-electron chi connectivity index (χ4n) is 1.90. The molecule has 0 saturated carbocycles. The van der Waals surface area contributed by atoms with Gasteiger partial charge in [0.05, 0.1) is 25.5 Å². The monoisotopic (exact) mass is 344 g/mol. The number of rotatable bonds is 3. The molecule has 1 aliphatic rings. The van der Waals surface area contributed by atoms with E-state index in [1.54, 1.807) is 17.7 Å². The van der Waals surface area contributed by atoms with Crippen molar-refractivity contribution in [3.8, 4) is 5.82 Å². The summed E-state index contributed by atoms with van der Waals surface area (Å²) in [5.74, 6) is 0.811. The van der Waals surface area contributed by atoms with E-state index in [0.29, 0.717) is 5.69 Å². The van der Waals surface area contributed by atoms with Gasteiger partial charge in [-0.25, -0.2) is 9.97 Å². The molecule has 1 fully saturated rings. The summed E-state index contributed by atoms with van der Waals surface area (Å²) in [4.78, 5) is 11.0. The van der Waals surface area contributed by atoms with E-state index in [9.17, 15) is 0 Å². The zero-order chi connectivity index (χ0) is 13.2. The van der Waals surface area contributed by atoms with E-state index in [2.05, 4.69) is 30.8 Å². The Bertz CT molecular complexity index is 565. The van der Waals surface area contributed by atoms with Gasteiger partial charge in [0.2, 0.25) is 0 Å². The quantitative estimate of drug-likeness (QED) is 0.912. The van der Waals surface area contributed by atoms with Crippen molar-refractivity contribution in [2.75, 3.05) is 31.2 Å². The third kappa shape index (κ3) is 2.53. The number of aliphatic hydroxyl groups excluding tert-OH is 1. The van der Waals surface area contributed by atoms with Crippen LogP contribution in [0, 0.1) is 0 Å². The van der Waals surface area contributed by atoms with E-state index in [1.165, 1.54) is 0 Å². The lowest BCUT2D eigenvalue weighted by Crippen LogP contribution is -2.36. The van der Waals surface area contributed by atoms with Gasteiger partial charge in [0.25, 0.3) is 0 Å². The molecule has 0 atom stereocenters. The molecule has 1 aliphatic heterocycles. The molecular weight excluding hydrogens is 332 g/mol. The Morgan fingerprint density at radius 3 is 2.89 bits per heavy atom. The molecule has 3 heterocycles. The standard InChI is InChI=1S/C11H13BrN4O2S/c12-10-8(5-17)13-7-16(10)9-6-19-11(14-9)15-1-3-18-4-2-15/h6-7,17H,1-5H2. The van der Waals surface area contributed by atoms with Gasteiger partial charge in [0.15, 0.2) is 10.9 Å². The molecule has 2 aromatic heterocycles. The van der Waals surface area contributed by atoms with Crippen LogP contribution >= 0.6 is 27.3 Å². The summed E-state index contributed by atoms with van der Waals surface area (Å²) >= 11 is 5.03. The Balaban J connectivity index is 1.85. The van der Waals surface area contributed by atoms with Crippen LogP contribution in [0.1, 0.15) is 5.69 Å². The second-order valence-electron chi connectivity index (χ2n) is 4.10. The van der Waals surface area contributed by atoms with Gasteiger partial charge >= 0.3 is 0 Å². The van der Waals surface area contributed by atoms with Gasteiger partial charge in [-0.1, -0.05) is 0 Å². The van der Waals surface area contributed by atoms with Gasteiger partial charge in [-0.3, -0.25) is 4.57 Å². The minimum absolute atomic E-state index is 0.0892. The third-order valence-corrected chi connectivity index (χ3v) is 4.67. The average Bonchev–Trinajstić information content (AvgIpc) is 3.06. The fraction of sp³-hybridized carbons (Fsp3) is 0.455. The van der Waals surface area contributed by atoms with E-state index in [0.717, 1.165) is 41.9 Å². The van der Waals surface area contributed by atoms with E-state index in [-0.39, 0.29) is 6.61 Å². The Morgan fingerprint density at radius 2 is 2.21 bits per heavy atom. The minimum Gasteiger partial charge on any atom is -0.390 e. The van der Waals surface area contributed by atoms with Crippen molar-refractivity contribution in [2.24, 2.45) is 0 Å². The van der Waals surface area contributed by atoms with E-state index in [4.69, 9.17) is 9.84 Å². The van der Waals surface area contributed by atoms with Crippen LogP contribution < -0.4 is 4.90 Å². The van der Waals surface area contributed by atoms with Crippen LogP contribution in [0.2, 0.25) is 0 Å². The van der Waals surface area contributed by atoms with Crippen molar-refractivity contribution >= 4 is 32.4 Å². The highest BCUT2D eigenvalue weighted by atomic mass is 79.9. The molecule has 2 aromatic rings. The first-order valence-corrected chi connectivity index (χ1v) is 7.58.